The minimum Gasteiger partial charge on any atom is -0.367 e. The van der Waals surface area contributed by atoms with Crippen molar-refractivity contribution < 1.29 is 13.2 Å². The van der Waals surface area contributed by atoms with Gasteiger partial charge in [-0.3, -0.25) is 4.90 Å². The fraction of sp³-hybridized carbons (Fsp3) is 0.462. The van der Waals surface area contributed by atoms with Crippen LogP contribution in [0.3, 0.4) is 0 Å². The van der Waals surface area contributed by atoms with Crippen molar-refractivity contribution in [3.05, 3.63) is 24.5 Å². The average molecular weight is 284 g/mol. The lowest BCUT2D eigenvalue weighted by Gasteiger charge is -2.36. The van der Waals surface area contributed by atoms with Crippen molar-refractivity contribution in [2.45, 2.75) is 6.18 Å². The number of piperazine rings is 1. The molecule has 1 aromatic carbocycles. The van der Waals surface area contributed by atoms with Gasteiger partial charge in [-0.1, -0.05) is 6.07 Å². The van der Waals surface area contributed by atoms with Gasteiger partial charge in [-0.25, -0.2) is 4.98 Å². The highest BCUT2D eigenvalue weighted by atomic mass is 19.4. The van der Waals surface area contributed by atoms with Crippen molar-refractivity contribution in [1.29, 1.82) is 0 Å². The molecule has 0 amide bonds. The van der Waals surface area contributed by atoms with Crippen LogP contribution in [-0.2, 0) is 0 Å². The molecule has 0 spiro atoms. The number of benzene rings is 1. The quantitative estimate of drug-likeness (QED) is 0.918. The van der Waals surface area contributed by atoms with Crippen LogP contribution in [0.5, 0.6) is 0 Å². The van der Waals surface area contributed by atoms with Crippen LogP contribution in [-0.4, -0.2) is 53.8 Å². The molecule has 0 atom stereocenters. The average Bonchev–Trinajstić information content (AvgIpc) is 2.86. The molecule has 7 heteroatoms. The molecule has 0 aliphatic carbocycles. The highest BCUT2D eigenvalue weighted by Crippen LogP contribution is 2.25. The first-order chi connectivity index (χ1) is 9.53. The lowest BCUT2D eigenvalue weighted by Crippen LogP contribution is -2.49. The second-order valence-corrected chi connectivity index (χ2v) is 4.95. The Morgan fingerprint density at radius 3 is 2.60 bits per heavy atom. The van der Waals surface area contributed by atoms with Crippen molar-refractivity contribution in [2.75, 3.05) is 37.6 Å². The predicted octanol–water partition coefficient (Wildman–Crippen LogP) is 2.25. The van der Waals surface area contributed by atoms with Crippen molar-refractivity contribution in [3.63, 3.8) is 0 Å². The zero-order chi connectivity index (χ0) is 14.2. The van der Waals surface area contributed by atoms with Gasteiger partial charge in [-0.15, -0.1) is 0 Å². The lowest BCUT2D eigenvalue weighted by molar-refractivity contribution is -0.146. The maximum absolute atomic E-state index is 12.4. The van der Waals surface area contributed by atoms with Crippen LogP contribution in [0, 0.1) is 0 Å². The molecule has 0 bridgehead atoms. The Morgan fingerprint density at radius 1 is 1.15 bits per heavy atom. The number of para-hydroxylation sites is 1. The molecule has 108 valence electrons. The first-order valence-corrected chi connectivity index (χ1v) is 6.49. The molecule has 4 nitrogen and oxygen atoms in total. The number of hydrogen-bond donors (Lipinski definition) is 1. The van der Waals surface area contributed by atoms with E-state index in [0.717, 1.165) is 16.7 Å². The second-order valence-electron chi connectivity index (χ2n) is 4.95. The first kappa shape index (κ1) is 13.2. The van der Waals surface area contributed by atoms with E-state index in [4.69, 9.17) is 0 Å². The zero-order valence-corrected chi connectivity index (χ0v) is 10.8. The van der Waals surface area contributed by atoms with E-state index >= 15 is 0 Å². The Kier molecular flexibility index (Phi) is 3.29. The van der Waals surface area contributed by atoms with Crippen LogP contribution in [0.15, 0.2) is 24.5 Å². The molecular weight excluding hydrogens is 269 g/mol. The van der Waals surface area contributed by atoms with Gasteiger partial charge in [-0.2, -0.15) is 13.2 Å². The summed E-state index contributed by atoms with van der Waals surface area (Å²) < 4.78 is 37.1. The molecule has 3 rings (SSSR count). The molecule has 1 aromatic heterocycles. The Morgan fingerprint density at radius 2 is 1.90 bits per heavy atom. The molecule has 0 unspecified atom stereocenters. The van der Waals surface area contributed by atoms with Crippen LogP contribution in [0.4, 0.5) is 18.9 Å². The number of aromatic nitrogens is 2. The number of nitrogens with one attached hydrogen (secondary N) is 1. The molecule has 0 saturated carbocycles. The number of imidazole rings is 1. The summed E-state index contributed by atoms with van der Waals surface area (Å²) in [6, 6.07) is 5.83. The fourth-order valence-corrected chi connectivity index (χ4v) is 2.61. The van der Waals surface area contributed by atoms with E-state index in [1.807, 2.05) is 18.2 Å². The van der Waals surface area contributed by atoms with Gasteiger partial charge in [0.05, 0.1) is 24.1 Å². The van der Waals surface area contributed by atoms with Gasteiger partial charge in [0, 0.05) is 26.2 Å². The fourth-order valence-electron chi connectivity index (χ4n) is 2.61. The third-order valence-corrected chi connectivity index (χ3v) is 3.54. The Hall–Kier alpha value is -1.76. The Balaban J connectivity index is 1.71. The van der Waals surface area contributed by atoms with Crippen LogP contribution in [0.1, 0.15) is 0 Å². The van der Waals surface area contributed by atoms with E-state index in [2.05, 4.69) is 14.9 Å². The molecule has 2 heterocycles. The third kappa shape index (κ3) is 2.72. The summed E-state index contributed by atoms with van der Waals surface area (Å²) in [6.07, 6.45) is -2.49. The first-order valence-electron chi connectivity index (χ1n) is 6.49. The monoisotopic (exact) mass is 284 g/mol. The number of rotatable bonds is 2. The zero-order valence-electron chi connectivity index (χ0n) is 10.8. The number of anilines is 1. The molecule has 20 heavy (non-hydrogen) atoms. The minimum absolute atomic E-state index is 0.417. The summed E-state index contributed by atoms with van der Waals surface area (Å²) in [5.74, 6) is 0. The van der Waals surface area contributed by atoms with Crippen LogP contribution < -0.4 is 4.90 Å². The summed E-state index contributed by atoms with van der Waals surface area (Å²) in [5, 5.41) is 0. The van der Waals surface area contributed by atoms with E-state index in [1.165, 1.54) is 4.90 Å². The maximum Gasteiger partial charge on any atom is 0.401 e. The van der Waals surface area contributed by atoms with Gasteiger partial charge in [0.15, 0.2) is 0 Å². The van der Waals surface area contributed by atoms with Crippen molar-refractivity contribution in [3.8, 4) is 0 Å². The summed E-state index contributed by atoms with van der Waals surface area (Å²) in [4.78, 5) is 10.9. The molecule has 1 aliphatic heterocycles. The number of alkyl halides is 3. The summed E-state index contributed by atoms with van der Waals surface area (Å²) >= 11 is 0. The lowest BCUT2D eigenvalue weighted by atomic mass is 10.2. The van der Waals surface area contributed by atoms with E-state index in [-0.39, 0.29) is 0 Å². The van der Waals surface area contributed by atoms with Crippen molar-refractivity contribution in [2.24, 2.45) is 0 Å². The summed E-state index contributed by atoms with van der Waals surface area (Å²) in [5.41, 5.74) is 2.80. The predicted molar refractivity (Wildman–Crippen MR) is 70.8 cm³/mol. The molecule has 0 radical (unpaired) electrons. The molecule has 2 aromatic rings. The van der Waals surface area contributed by atoms with E-state index < -0.39 is 12.7 Å². The Labute approximate surface area is 114 Å². The summed E-state index contributed by atoms with van der Waals surface area (Å²) in [7, 11) is 0. The van der Waals surface area contributed by atoms with Gasteiger partial charge in [0.25, 0.3) is 0 Å². The van der Waals surface area contributed by atoms with Crippen molar-refractivity contribution >= 4 is 16.7 Å². The SMILES string of the molecule is FC(F)(F)CN1CCN(c2cccc3[nH]cnc23)CC1. The highest BCUT2D eigenvalue weighted by molar-refractivity contribution is 5.88. The van der Waals surface area contributed by atoms with Crippen molar-refractivity contribution in [1.82, 2.24) is 14.9 Å². The number of hydrogen-bond acceptors (Lipinski definition) is 3. The molecule has 1 aliphatic rings. The van der Waals surface area contributed by atoms with Crippen LogP contribution in [0.2, 0.25) is 0 Å². The number of fused-ring (bicyclic) bond motifs is 1. The second kappa shape index (κ2) is 4.97. The van der Waals surface area contributed by atoms with Crippen LogP contribution in [0.25, 0.3) is 11.0 Å². The standard InChI is InChI=1S/C13H15F3N4/c14-13(15,16)8-19-4-6-20(7-5-19)11-3-1-2-10-12(11)18-9-17-10/h1-3,9H,4-8H2,(H,17,18). The molecule has 1 saturated heterocycles. The largest absolute Gasteiger partial charge is 0.401 e. The number of halogens is 3. The van der Waals surface area contributed by atoms with Gasteiger partial charge in [0.2, 0.25) is 0 Å². The maximum atomic E-state index is 12.4. The number of aromatic amines is 1. The molecular formula is C13H15F3N4. The van der Waals surface area contributed by atoms with Gasteiger partial charge in [-0.05, 0) is 12.1 Å². The summed E-state index contributed by atoms with van der Waals surface area (Å²) in [6.45, 7) is 1.18. The highest BCUT2D eigenvalue weighted by Gasteiger charge is 2.32. The van der Waals surface area contributed by atoms with Gasteiger partial charge >= 0.3 is 6.18 Å². The topological polar surface area (TPSA) is 35.2 Å². The van der Waals surface area contributed by atoms with E-state index in [0.29, 0.717) is 26.2 Å². The number of nitrogens with zero attached hydrogens (tertiary/aromatic N) is 3. The van der Waals surface area contributed by atoms with Crippen LogP contribution >= 0.6 is 0 Å². The van der Waals surface area contributed by atoms with Gasteiger partial charge in [0.1, 0.15) is 5.52 Å². The molecule has 1 fully saturated rings. The molecule has 1 N–H and O–H groups in total. The Bertz CT molecular complexity index is 585. The van der Waals surface area contributed by atoms with Gasteiger partial charge < -0.3 is 9.88 Å². The third-order valence-electron chi connectivity index (χ3n) is 3.54. The smallest absolute Gasteiger partial charge is 0.367 e. The van der Waals surface area contributed by atoms with E-state index in [1.54, 1.807) is 6.33 Å². The normalized spacial score (nSPS) is 17.9. The number of H-pyrrole nitrogens is 1. The minimum atomic E-state index is -4.12. The van der Waals surface area contributed by atoms with E-state index in [9.17, 15) is 13.2 Å².